The predicted octanol–water partition coefficient (Wildman–Crippen LogP) is 2.27. The lowest BCUT2D eigenvalue weighted by atomic mass is 10.1. The van der Waals surface area contributed by atoms with Crippen molar-refractivity contribution in [3.63, 3.8) is 0 Å². The minimum Gasteiger partial charge on any atom is -0.336 e. The maximum absolute atomic E-state index is 12.2. The number of benzene rings is 1. The molecule has 1 aromatic heterocycles. The van der Waals surface area contributed by atoms with Gasteiger partial charge in [-0.2, -0.15) is 5.26 Å². The van der Waals surface area contributed by atoms with Crippen LogP contribution in [0.1, 0.15) is 21.6 Å². The van der Waals surface area contributed by atoms with Crippen LogP contribution in [0.15, 0.2) is 36.7 Å². The molecular weight excluding hydrogens is 276 g/mol. The number of nitrogens with zero attached hydrogens (tertiary/aromatic N) is 4. The van der Waals surface area contributed by atoms with Crippen molar-refractivity contribution in [3.8, 4) is 6.07 Å². The summed E-state index contributed by atoms with van der Waals surface area (Å²) < 4.78 is 0. The third-order valence-electron chi connectivity index (χ3n) is 2.65. The summed E-state index contributed by atoms with van der Waals surface area (Å²) in [6, 6.07) is 9.16. The van der Waals surface area contributed by atoms with Crippen molar-refractivity contribution in [1.29, 1.82) is 5.26 Å². The van der Waals surface area contributed by atoms with Crippen LogP contribution < -0.4 is 0 Å². The zero-order chi connectivity index (χ0) is 14.5. The van der Waals surface area contributed by atoms with Gasteiger partial charge in [0.25, 0.3) is 5.91 Å². The fourth-order valence-electron chi connectivity index (χ4n) is 1.73. The summed E-state index contributed by atoms with van der Waals surface area (Å²) in [5.41, 5.74) is 1.62. The van der Waals surface area contributed by atoms with Crippen molar-refractivity contribution in [2.75, 3.05) is 7.05 Å². The van der Waals surface area contributed by atoms with E-state index in [1.807, 2.05) is 6.07 Å². The van der Waals surface area contributed by atoms with Crippen molar-refractivity contribution in [2.45, 2.75) is 6.54 Å². The maximum atomic E-state index is 12.2. The van der Waals surface area contributed by atoms with Crippen molar-refractivity contribution in [2.24, 2.45) is 0 Å². The van der Waals surface area contributed by atoms with E-state index in [1.54, 1.807) is 25.2 Å². The van der Waals surface area contributed by atoms with Gasteiger partial charge in [0.1, 0.15) is 10.8 Å². The average Bonchev–Trinajstić information content (AvgIpc) is 2.46. The van der Waals surface area contributed by atoms with Crippen molar-refractivity contribution < 1.29 is 4.79 Å². The first-order valence-corrected chi connectivity index (χ1v) is 6.20. The first-order valence-electron chi connectivity index (χ1n) is 5.82. The Morgan fingerprint density at radius 3 is 2.95 bits per heavy atom. The molecule has 0 N–H and O–H groups in total. The molecule has 0 bridgehead atoms. The molecule has 0 saturated carbocycles. The van der Waals surface area contributed by atoms with E-state index < -0.39 is 0 Å². The van der Waals surface area contributed by atoms with Gasteiger partial charge in [0.15, 0.2) is 0 Å². The Kier molecular flexibility index (Phi) is 4.28. The van der Waals surface area contributed by atoms with Gasteiger partial charge in [-0.3, -0.25) is 9.78 Å². The maximum Gasteiger partial charge on any atom is 0.274 e. The standard InChI is InChI=1S/C14H11ClN4O/c1-19(9-11-4-2-3-10(5-11)6-16)14(20)12-7-17-8-13(15)18-12/h2-5,7-8H,9H2,1H3. The van der Waals surface area contributed by atoms with Crippen LogP contribution in [0.4, 0.5) is 0 Å². The van der Waals surface area contributed by atoms with E-state index in [0.29, 0.717) is 12.1 Å². The van der Waals surface area contributed by atoms with Crippen LogP contribution in [0.25, 0.3) is 0 Å². The molecule has 0 spiro atoms. The van der Waals surface area contributed by atoms with Crippen LogP contribution in [0.2, 0.25) is 5.15 Å². The van der Waals surface area contributed by atoms with Crippen LogP contribution in [-0.4, -0.2) is 27.8 Å². The fraction of sp³-hybridized carbons (Fsp3) is 0.143. The van der Waals surface area contributed by atoms with Crippen molar-refractivity contribution in [1.82, 2.24) is 14.9 Å². The molecule has 1 heterocycles. The van der Waals surface area contributed by atoms with Gasteiger partial charge in [0.2, 0.25) is 0 Å². The lowest BCUT2D eigenvalue weighted by Crippen LogP contribution is -2.27. The summed E-state index contributed by atoms with van der Waals surface area (Å²) in [5, 5.41) is 9.03. The molecule has 0 radical (unpaired) electrons. The van der Waals surface area contributed by atoms with Crippen LogP contribution in [0.3, 0.4) is 0 Å². The second-order valence-corrected chi connectivity index (χ2v) is 4.59. The van der Waals surface area contributed by atoms with E-state index in [2.05, 4.69) is 16.0 Å². The van der Waals surface area contributed by atoms with Gasteiger partial charge in [-0.1, -0.05) is 23.7 Å². The lowest BCUT2D eigenvalue weighted by molar-refractivity contribution is 0.0779. The monoisotopic (exact) mass is 286 g/mol. The molecule has 0 aliphatic carbocycles. The van der Waals surface area contributed by atoms with Gasteiger partial charge < -0.3 is 4.90 Å². The first-order chi connectivity index (χ1) is 9.60. The number of amides is 1. The number of carbonyl (C=O) groups is 1. The average molecular weight is 287 g/mol. The highest BCUT2D eigenvalue weighted by molar-refractivity contribution is 6.29. The Morgan fingerprint density at radius 1 is 1.45 bits per heavy atom. The summed E-state index contributed by atoms with van der Waals surface area (Å²) in [7, 11) is 1.66. The van der Waals surface area contributed by atoms with E-state index >= 15 is 0 Å². The summed E-state index contributed by atoms with van der Waals surface area (Å²) in [6.45, 7) is 0.378. The number of rotatable bonds is 3. The molecule has 1 amide bonds. The number of carbonyl (C=O) groups excluding carboxylic acids is 1. The van der Waals surface area contributed by atoms with Crippen LogP contribution >= 0.6 is 11.6 Å². The number of aromatic nitrogens is 2. The summed E-state index contributed by atoms with van der Waals surface area (Å²) >= 11 is 5.71. The van der Waals surface area contributed by atoms with Gasteiger partial charge in [-0.25, -0.2) is 4.98 Å². The molecule has 1 aromatic carbocycles. The molecule has 0 aliphatic heterocycles. The molecule has 100 valence electrons. The zero-order valence-electron chi connectivity index (χ0n) is 10.7. The van der Waals surface area contributed by atoms with Gasteiger partial charge in [0, 0.05) is 13.6 Å². The minimum absolute atomic E-state index is 0.177. The topological polar surface area (TPSA) is 69.9 Å². The third kappa shape index (κ3) is 3.31. The van der Waals surface area contributed by atoms with E-state index in [1.165, 1.54) is 17.3 Å². The highest BCUT2D eigenvalue weighted by Gasteiger charge is 2.14. The van der Waals surface area contributed by atoms with Crippen molar-refractivity contribution in [3.05, 3.63) is 58.6 Å². The summed E-state index contributed by atoms with van der Waals surface area (Å²) in [5.74, 6) is -0.276. The number of hydrogen-bond donors (Lipinski definition) is 0. The fourth-order valence-corrected chi connectivity index (χ4v) is 1.87. The molecule has 2 rings (SSSR count). The zero-order valence-corrected chi connectivity index (χ0v) is 11.5. The number of hydrogen-bond acceptors (Lipinski definition) is 4. The summed E-state index contributed by atoms with van der Waals surface area (Å²) in [6.07, 6.45) is 2.74. The molecule has 0 saturated heterocycles. The Morgan fingerprint density at radius 2 is 2.25 bits per heavy atom. The molecule has 2 aromatic rings. The molecule has 0 fully saturated rings. The van der Waals surface area contributed by atoms with E-state index in [9.17, 15) is 4.79 Å². The normalized spacial score (nSPS) is 9.85. The van der Waals surface area contributed by atoms with Crippen molar-refractivity contribution >= 4 is 17.5 Å². The number of halogens is 1. The minimum atomic E-state index is -0.276. The van der Waals surface area contributed by atoms with Crippen LogP contribution in [0, 0.1) is 11.3 Å². The third-order valence-corrected chi connectivity index (χ3v) is 2.83. The van der Waals surface area contributed by atoms with E-state index in [0.717, 1.165) is 5.56 Å². The Bertz CT molecular complexity index is 681. The van der Waals surface area contributed by atoms with Crippen LogP contribution in [0.5, 0.6) is 0 Å². The number of nitriles is 1. The Labute approximate surface area is 121 Å². The smallest absolute Gasteiger partial charge is 0.274 e. The largest absolute Gasteiger partial charge is 0.336 e. The Balaban J connectivity index is 2.13. The molecule has 0 atom stereocenters. The van der Waals surface area contributed by atoms with Crippen LogP contribution in [-0.2, 0) is 6.54 Å². The Hall–Kier alpha value is -2.45. The molecular formula is C14H11ClN4O. The molecule has 0 aliphatic rings. The van der Waals surface area contributed by atoms with E-state index in [-0.39, 0.29) is 16.8 Å². The molecule has 0 unspecified atom stereocenters. The molecule has 5 nitrogen and oxygen atoms in total. The first kappa shape index (κ1) is 14.0. The predicted molar refractivity (Wildman–Crippen MR) is 74.0 cm³/mol. The van der Waals surface area contributed by atoms with Gasteiger partial charge in [-0.05, 0) is 17.7 Å². The highest BCUT2D eigenvalue weighted by atomic mass is 35.5. The molecule has 20 heavy (non-hydrogen) atoms. The molecule has 6 heteroatoms. The summed E-state index contributed by atoms with van der Waals surface area (Å²) in [4.78, 5) is 21.4. The van der Waals surface area contributed by atoms with Gasteiger partial charge >= 0.3 is 0 Å². The highest BCUT2D eigenvalue weighted by Crippen LogP contribution is 2.10. The quantitative estimate of drug-likeness (QED) is 0.868. The SMILES string of the molecule is CN(Cc1cccc(C#N)c1)C(=O)c1cncc(Cl)n1. The van der Waals surface area contributed by atoms with E-state index in [4.69, 9.17) is 16.9 Å². The van der Waals surface area contributed by atoms with Gasteiger partial charge in [-0.15, -0.1) is 0 Å². The second kappa shape index (κ2) is 6.13. The van der Waals surface area contributed by atoms with Gasteiger partial charge in [0.05, 0.1) is 24.0 Å². The second-order valence-electron chi connectivity index (χ2n) is 4.20. The lowest BCUT2D eigenvalue weighted by Gasteiger charge is -2.16.